The number of rotatable bonds is 1. The number of fused-ring (bicyclic) bond motifs is 1. The Morgan fingerprint density at radius 2 is 2.14 bits per heavy atom. The summed E-state index contributed by atoms with van der Waals surface area (Å²) in [6.45, 7) is 1.98. The standard InChI is InChI=1S/C10H16N4/c1-2-4-8(3-1)14-10-5-6-11-7-9(10)12-13-14/h8,11H,1-7H2. The molecule has 0 amide bonds. The average molecular weight is 192 g/mol. The lowest BCUT2D eigenvalue weighted by molar-refractivity contribution is 0.434. The molecule has 1 aromatic heterocycles. The fourth-order valence-corrected chi connectivity index (χ4v) is 2.60. The number of hydrogen-bond donors (Lipinski definition) is 1. The van der Waals surface area contributed by atoms with Crippen molar-refractivity contribution in [3.63, 3.8) is 0 Å². The minimum absolute atomic E-state index is 0.643. The molecule has 0 radical (unpaired) electrons. The molecular weight excluding hydrogens is 176 g/mol. The van der Waals surface area contributed by atoms with Crippen LogP contribution >= 0.6 is 0 Å². The normalized spacial score (nSPS) is 22.6. The van der Waals surface area contributed by atoms with Crippen LogP contribution in [0.5, 0.6) is 0 Å². The average Bonchev–Trinajstić information content (AvgIpc) is 2.85. The molecule has 0 bridgehead atoms. The maximum absolute atomic E-state index is 4.31. The number of hydrogen-bond acceptors (Lipinski definition) is 3. The molecule has 76 valence electrons. The fourth-order valence-electron chi connectivity index (χ4n) is 2.60. The van der Waals surface area contributed by atoms with Gasteiger partial charge in [0.05, 0.1) is 17.4 Å². The van der Waals surface area contributed by atoms with Gasteiger partial charge >= 0.3 is 0 Å². The van der Waals surface area contributed by atoms with Gasteiger partial charge in [-0.05, 0) is 12.8 Å². The second-order valence-corrected chi connectivity index (χ2v) is 4.29. The molecule has 0 unspecified atom stereocenters. The summed E-state index contributed by atoms with van der Waals surface area (Å²) in [5.74, 6) is 0. The Bertz CT molecular complexity index is 325. The lowest BCUT2D eigenvalue weighted by Crippen LogP contribution is -2.25. The molecule has 14 heavy (non-hydrogen) atoms. The van der Waals surface area contributed by atoms with Gasteiger partial charge in [-0.3, -0.25) is 0 Å². The van der Waals surface area contributed by atoms with Crippen molar-refractivity contribution in [1.82, 2.24) is 20.3 Å². The van der Waals surface area contributed by atoms with E-state index in [-0.39, 0.29) is 0 Å². The zero-order valence-corrected chi connectivity index (χ0v) is 8.37. The van der Waals surface area contributed by atoms with Gasteiger partial charge in [0.15, 0.2) is 0 Å². The van der Waals surface area contributed by atoms with E-state index in [1.54, 1.807) is 0 Å². The van der Waals surface area contributed by atoms with Crippen LogP contribution < -0.4 is 5.32 Å². The van der Waals surface area contributed by atoms with Crippen LogP contribution in [0.25, 0.3) is 0 Å². The van der Waals surface area contributed by atoms with Crippen LogP contribution in [0.3, 0.4) is 0 Å². The molecule has 0 spiro atoms. The second-order valence-electron chi connectivity index (χ2n) is 4.29. The topological polar surface area (TPSA) is 42.7 Å². The maximum Gasteiger partial charge on any atom is 0.0997 e. The molecule has 0 aromatic carbocycles. The van der Waals surface area contributed by atoms with Gasteiger partial charge in [0.2, 0.25) is 0 Å². The predicted octanol–water partition coefficient (Wildman–Crippen LogP) is 1.04. The molecule has 1 aromatic rings. The third-order valence-electron chi connectivity index (χ3n) is 3.37. The van der Waals surface area contributed by atoms with Gasteiger partial charge in [-0.25, -0.2) is 4.68 Å². The van der Waals surface area contributed by atoms with Gasteiger partial charge in [-0.2, -0.15) is 0 Å². The summed E-state index contributed by atoms with van der Waals surface area (Å²) in [5, 5.41) is 11.9. The fraction of sp³-hybridized carbons (Fsp3) is 0.800. The Balaban J connectivity index is 1.93. The summed E-state index contributed by atoms with van der Waals surface area (Å²) in [7, 11) is 0. The third kappa shape index (κ3) is 1.25. The lowest BCUT2D eigenvalue weighted by Gasteiger charge is -2.16. The molecule has 3 rings (SSSR count). The van der Waals surface area contributed by atoms with Crippen LogP contribution in [0.2, 0.25) is 0 Å². The van der Waals surface area contributed by atoms with Crippen LogP contribution in [-0.2, 0) is 13.0 Å². The van der Waals surface area contributed by atoms with E-state index in [9.17, 15) is 0 Å². The van der Waals surface area contributed by atoms with Gasteiger partial charge in [-0.15, -0.1) is 5.10 Å². The van der Waals surface area contributed by atoms with E-state index in [0.717, 1.165) is 19.5 Å². The van der Waals surface area contributed by atoms with E-state index in [1.165, 1.54) is 37.1 Å². The lowest BCUT2D eigenvalue weighted by atomic mass is 10.1. The Hall–Kier alpha value is -0.900. The summed E-state index contributed by atoms with van der Waals surface area (Å²) in [6.07, 6.45) is 6.40. The molecule has 2 heterocycles. The van der Waals surface area contributed by atoms with Crippen LogP contribution in [-0.4, -0.2) is 21.5 Å². The molecule has 1 fully saturated rings. The Morgan fingerprint density at radius 3 is 3.00 bits per heavy atom. The smallest absolute Gasteiger partial charge is 0.0997 e. The number of nitrogens with zero attached hydrogens (tertiary/aromatic N) is 3. The van der Waals surface area contributed by atoms with Crippen LogP contribution in [0, 0.1) is 0 Å². The summed E-state index contributed by atoms with van der Waals surface area (Å²) in [6, 6.07) is 0.643. The predicted molar refractivity (Wildman–Crippen MR) is 52.9 cm³/mol. The van der Waals surface area contributed by atoms with E-state index in [4.69, 9.17) is 0 Å². The van der Waals surface area contributed by atoms with E-state index in [0.29, 0.717) is 6.04 Å². The third-order valence-corrected chi connectivity index (χ3v) is 3.37. The number of nitrogens with one attached hydrogen (secondary N) is 1. The molecule has 1 N–H and O–H groups in total. The van der Waals surface area contributed by atoms with Crippen molar-refractivity contribution in [3.05, 3.63) is 11.4 Å². The zero-order valence-electron chi connectivity index (χ0n) is 8.37. The summed E-state index contributed by atoms with van der Waals surface area (Å²) in [5.41, 5.74) is 2.55. The number of aromatic nitrogens is 3. The molecule has 4 nitrogen and oxygen atoms in total. The highest BCUT2D eigenvalue weighted by Crippen LogP contribution is 2.30. The summed E-state index contributed by atoms with van der Waals surface area (Å²) >= 11 is 0. The van der Waals surface area contributed by atoms with Crippen molar-refractivity contribution >= 4 is 0 Å². The maximum atomic E-state index is 4.31. The highest BCUT2D eigenvalue weighted by molar-refractivity contribution is 5.14. The van der Waals surface area contributed by atoms with Gasteiger partial charge in [-0.1, -0.05) is 18.1 Å². The first-order chi connectivity index (χ1) is 6.95. The molecule has 1 saturated carbocycles. The van der Waals surface area contributed by atoms with Crippen molar-refractivity contribution < 1.29 is 0 Å². The molecule has 1 aliphatic heterocycles. The first-order valence-corrected chi connectivity index (χ1v) is 5.59. The Labute approximate surface area is 83.7 Å². The second kappa shape index (κ2) is 3.35. The van der Waals surface area contributed by atoms with Gasteiger partial charge in [0.25, 0.3) is 0 Å². The van der Waals surface area contributed by atoms with Crippen molar-refractivity contribution in [2.45, 2.75) is 44.7 Å². The van der Waals surface area contributed by atoms with Crippen molar-refractivity contribution in [2.75, 3.05) is 6.54 Å². The minimum Gasteiger partial charge on any atom is -0.311 e. The molecule has 0 atom stereocenters. The van der Waals surface area contributed by atoms with Crippen molar-refractivity contribution in [1.29, 1.82) is 0 Å². The van der Waals surface area contributed by atoms with Crippen molar-refractivity contribution in [2.24, 2.45) is 0 Å². The van der Waals surface area contributed by atoms with Crippen LogP contribution in [0.15, 0.2) is 0 Å². The molecule has 0 saturated heterocycles. The Morgan fingerprint density at radius 1 is 1.29 bits per heavy atom. The molecule has 1 aliphatic carbocycles. The van der Waals surface area contributed by atoms with E-state index in [2.05, 4.69) is 20.3 Å². The van der Waals surface area contributed by atoms with Crippen LogP contribution in [0.1, 0.15) is 43.1 Å². The SMILES string of the molecule is C1CCC(n2nnc3c2CCNC3)C1. The van der Waals surface area contributed by atoms with Crippen molar-refractivity contribution in [3.8, 4) is 0 Å². The van der Waals surface area contributed by atoms with E-state index < -0.39 is 0 Å². The summed E-state index contributed by atoms with van der Waals surface area (Å²) < 4.78 is 2.20. The molecular formula is C10H16N4. The highest BCUT2D eigenvalue weighted by Gasteiger charge is 2.24. The quantitative estimate of drug-likeness (QED) is 0.723. The summed E-state index contributed by atoms with van der Waals surface area (Å²) in [4.78, 5) is 0. The largest absolute Gasteiger partial charge is 0.311 e. The molecule has 2 aliphatic rings. The van der Waals surface area contributed by atoms with Crippen LogP contribution in [0.4, 0.5) is 0 Å². The molecule has 4 heteroatoms. The van der Waals surface area contributed by atoms with E-state index >= 15 is 0 Å². The van der Waals surface area contributed by atoms with Gasteiger partial charge in [0.1, 0.15) is 0 Å². The highest BCUT2D eigenvalue weighted by atomic mass is 15.4. The monoisotopic (exact) mass is 192 g/mol. The Kier molecular flexibility index (Phi) is 2.01. The minimum atomic E-state index is 0.643. The zero-order chi connectivity index (χ0) is 9.38. The van der Waals surface area contributed by atoms with Gasteiger partial charge in [0, 0.05) is 19.5 Å². The van der Waals surface area contributed by atoms with Gasteiger partial charge < -0.3 is 5.32 Å². The first kappa shape index (κ1) is 8.41. The van der Waals surface area contributed by atoms with E-state index in [1.807, 2.05) is 0 Å². The first-order valence-electron chi connectivity index (χ1n) is 5.59.